The molecule has 0 aliphatic heterocycles. The molecule has 0 saturated heterocycles. The number of sulfonamides is 1. The van der Waals surface area contributed by atoms with Gasteiger partial charge in [0.25, 0.3) is 21.8 Å². The van der Waals surface area contributed by atoms with Gasteiger partial charge in [-0.3, -0.25) is 24.4 Å². The van der Waals surface area contributed by atoms with E-state index in [1.807, 2.05) is 0 Å². The van der Waals surface area contributed by atoms with Crippen LogP contribution in [-0.4, -0.2) is 46.3 Å². The third-order valence-corrected chi connectivity index (χ3v) is 4.92. The molecule has 0 radical (unpaired) electrons. The topological polar surface area (TPSA) is 227 Å². The highest BCUT2D eigenvalue weighted by Gasteiger charge is 2.15. The molecule has 0 bridgehead atoms. The SMILES string of the molecule is CC(=O)Nc1nnc(S(N)(=O)=O)s1.NC(=O)c1ccccn1.NC(=O)c1ccccn1. The van der Waals surface area contributed by atoms with Gasteiger partial charge < -0.3 is 16.8 Å². The van der Waals surface area contributed by atoms with Gasteiger partial charge in [0.05, 0.1) is 0 Å². The van der Waals surface area contributed by atoms with Crippen LogP contribution in [0, 0.1) is 0 Å². The fraction of sp³-hybridized carbons (Fsp3) is 0.0625. The lowest BCUT2D eigenvalue weighted by molar-refractivity contribution is -0.114. The highest BCUT2D eigenvalue weighted by atomic mass is 32.2. The zero-order valence-electron chi connectivity index (χ0n) is 16.0. The largest absolute Gasteiger partial charge is 0.364 e. The smallest absolute Gasteiger partial charge is 0.267 e. The number of primary amides is 2. The van der Waals surface area contributed by atoms with Gasteiger partial charge in [-0.1, -0.05) is 23.5 Å². The van der Waals surface area contributed by atoms with Gasteiger partial charge in [0.2, 0.25) is 15.4 Å². The summed E-state index contributed by atoms with van der Waals surface area (Å²) in [6, 6.07) is 10.0. The van der Waals surface area contributed by atoms with E-state index >= 15 is 0 Å². The number of anilines is 1. The van der Waals surface area contributed by atoms with Crippen molar-refractivity contribution in [2.75, 3.05) is 5.32 Å². The minimum Gasteiger partial charge on any atom is -0.364 e. The number of carbonyl (C=O) groups is 3. The number of rotatable bonds is 4. The monoisotopic (exact) mass is 466 g/mol. The van der Waals surface area contributed by atoms with Crippen molar-refractivity contribution in [2.24, 2.45) is 16.6 Å². The van der Waals surface area contributed by atoms with E-state index in [0.29, 0.717) is 22.7 Å². The number of nitrogens with one attached hydrogen (secondary N) is 1. The number of carbonyl (C=O) groups excluding carboxylic acids is 3. The number of aromatic nitrogens is 4. The lowest BCUT2D eigenvalue weighted by atomic mass is 10.3. The van der Waals surface area contributed by atoms with Crippen LogP contribution in [-0.2, 0) is 14.8 Å². The molecule has 15 heteroatoms. The van der Waals surface area contributed by atoms with Crippen molar-refractivity contribution in [3.8, 4) is 0 Å². The average molecular weight is 467 g/mol. The first-order valence-electron chi connectivity index (χ1n) is 8.06. The molecule has 0 spiro atoms. The molecule has 0 fully saturated rings. The van der Waals surface area contributed by atoms with Crippen LogP contribution < -0.4 is 21.9 Å². The van der Waals surface area contributed by atoms with E-state index in [0.717, 1.165) is 0 Å². The Kier molecular flexibility index (Phi) is 9.77. The Morgan fingerprint density at radius 2 is 1.39 bits per heavy atom. The Balaban J connectivity index is 0.000000239. The van der Waals surface area contributed by atoms with Crippen LogP contribution in [0.3, 0.4) is 0 Å². The van der Waals surface area contributed by atoms with Crippen molar-refractivity contribution in [1.29, 1.82) is 0 Å². The van der Waals surface area contributed by atoms with Crippen LogP contribution in [0.25, 0.3) is 0 Å². The Morgan fingerprint density at radius 1 is 0.903 bits per heavy atom. The van der Waals surface area contributed by atoms with Crippen molar-refractivity contribution in [2.45, 2.75) is 11.3 Å². The summed E-state index contributed by atoms with van der Waals surface area (Å²) in [7, 11) is -3.82. The summed E-state index contributed by atoms with van der Waals surface area (Å²) in [6.07, 6.45) is 3.06. The lowest BCUT2D eigenvalue weighted by Crippen LogP contribution is -2.12. The Hall–Kier alpha value is -3.82. The fourth-order valence-corrected chi connectivity index (χ4v) is 2.92. The second-order valence-corrected chi connectivity index (χ2v) is 7.97. The maximum atomic E-state index is 10.7. The number of hydrogen-bond acceptors (Lipinski definition) is 10. The molecule has 7 N–H and O–H groups in total. The molecular formula is C16H18N8O5S2. The number of nitrogens with two attached hydrogens (primary N) is 3. The average Bonchev–Trinajstić information content (AvgIpc) is 3.19. The van der Waals surface area contributed by atoms with Crippen molar-refractivity contribution in [3.63, 3.8) is 0 Å². The number of amides is 3. The van der Waals surface area contributed by atoms with Gasteiger partial charge >= 0.3 is 0 Å². The molecule has 0 unspecified atom stereocenters. The minimum atomic E-state index is -3.82. The Bertz CT molecular complexity index is 1070. The van der Waals surface area contributed by atoms with Gasteiger partial charge in [-0.15, -0.1) is 10.2 Å². The van der Waals surface area contributed by atoms with Gasteiger partial charge in [0, 0.05) is 19.3 Å². The summed E-state index contributed by atoms with van der Waals surface area (Å²) in [6.45, 7) is 1.28. The van der Waals surface area contributed by atoms with Crippen LogP contribution in [0.2, 0.25) is 0 Å². The molecule has 0 saturated carbocycles. The van der Waals surface area contributed by atoms with E-state index in [1.165, 1.54) is 19.3 Å². The molecule has 3 heterocycles. The lowest BCUT2D eigenvalue weighted by Gasteiger charge is -1.90. The second-order valence-electron chi connectivity index (χ2n) is 5.26. The van der Waals surface area contributed by atoms with Gasteiger partial charge in [-0.05, 0) is 24.3 Å². The number of primary sulfonamides is 1. The first-order chi connectivity index (χ1) is 14.5. The molecule has 3 aromatic heterocycles. The van der Waals surface area contributed by atoms with Gasteiger partial charge in [-0.25, -0.2) is 13.6 Å². The molecule has 3 aromatic rings. The highest BCUT2D eigenvalue weighted by molar-refractivity contribution is 7.91. The molecule has 3 rings (SSSR count). The predicted molar refractivity (Wildman–Crippen MR) is 111 cm³/mol. The van der Waals surface area contributed by atoms with E-state index in [4.69, 9.17) is 16.6 Å². The van der Waals surface area contributed by atoms with E-state index in [-0.39, 0.29) is 15.4 Å². The standard InChI is InChI=1S/2C6H6N2O.C4H6N4O3S2/c2*7-6(9)5-3-1-2-4-8-5;1-2(9)6-3-7-8-4(12-3)13(5,10)11/h2*1-4H,(H2,7,9);1H3,(H2,5,10,11)(H,6,7,9). The summed E-state index contributed by atoms with van der Waals surface area (Å²) >= 11 is 0.701. The molecule has 3 amide bonds. The minimum absolute atomic E-state index is 0.108. The van der Waals surface area contributed by atoms with Crippen molar-refractivity contribution < 1.29 is 22.8 Å². The quantitative estimate of drug-likeness (QED) is 0.363. The van der Waals surface area contributed by atoms with E-state index in [1.54, 1.807) is 36.4 Å². The van der Waals surface area contributed by atoms with Crippen LogP contribution >= 0.6 is 11.3 Å². The second kappa shape index (κ2) is 12.0. The van der Waals surface area contributed by atoms with Crippen LogP contribution in [0.1, 0.15) is 27.9 Å². The van der Waals surface area contributed by atoms with Crippen molar-refractivity contribution in [1.82, 2.24) is 20.2 Å². The number of hydrogen-bond donors (Lipinski definition) is 4. The summed E-state index contributed by atoms with van der Waals surface area (Å²) in [5.41, 5.74) is 10.4. The van der Waals surface area contributed by atoms with Crippen molar-refractivity contribution >= 4 is 44.2 Å². The van der Waals surface area contributed by atoms with Crippen LogP contribution in [0.4, 0.5) is 5.13 Å². The Labute approximate surface area is 180 Å². The maximum Gasteiger partial charge on any atom is 0.267 e. The van der Waals surface area contributed by atoms with E-state index in [2.05, 4.69) is 25.5 Å². The van der Waals surface area contributed by atoms with Gasteiger partial charge in [-0.2, -0.15) is 0 Å². The Morgan fingerprint density at radius 3 is 1.65 bits per heavy atom. The predicted octanol–water partition coefficient (Wildman–Crippen LogP) is -0.495. The summed E-state index contributed by atoms with van der Waals surface area (Å²) in [4.78, 5) is 38.6. The maximum absolute atomic E-state index is 10.7. The molecule has 0 aliphatic carbocycles. The van der Waals surface area contributed by atoms with E-state index in [9.17, 15) is 22.8 Å². The van der Waals surface area contributed by atoms with Crippen molar-refractivity contribution in [3.05, 3.63) is 60.2 Å². The number of nitrogens with zero attached hydrogens (tertiary/aromatic N) is 4. The first kappa shape index (κ1) is 25.2. The first-order valence-corrected chi connectivity index (χ1v) is 10.4. The third-order valence-electron chi connectivity index (χ3n) is 2.77. The summed E-state index contributed by atoms with van der Waals surface area (Å²) in [5.74, 6) is -1.33. The van der Waals surface area contributed by atoms with Gasteiger partial charge in [0.15, 0.2) is 0 Å². The normalized spacial score (nSPS) is 9.87. The molecular weight excluding hydrogens is 448 g/mol. The summed E-state index contributed by atoms with van der Waals surface area (Å²) in [5, 5.41) is 13.8. The molecule has 0 aliphatic rings. The molecule has 0 atom stereocenters. The molecule has 31 heavy (non-hydrogen) atoms. The van der Waals surface area contributed by atoms with Crippen LogP contribution in [0.5, 0.6) is 0 Å². The molecule has 13 nitrogen and oxygen atoms in total. The number of pyridine rings is 2. The van der Waals surface area contributed by atoms with Crippen LogP contribution in [0.15, 0.2) is 53.1 Å². The van der Waals surface area contributed by atoms with E-state index < -0.39 is 21.8 Å². The zero-order valence-corrected chi connectivity index (χ0v) is 17.6. The highest BCUT2D eigenvalue weighted by Crippen LogP contribution is 2.17. The van der Waals surface area contributed by atoms with Gasteiger partial charge in [0.1, 0.15) is 11.4 Å². The molecule has 0 aromatic carbocycles. The third kappa shape index (κ3) is 9.97. The zero-order chi connectivity index (χ0) is 23.4. The summed E-state index contributed by atoms with van der Waals surface area (Å²) < 4.78 is 21.1. The fourth-order valence-electron chi connectivity index (χ4n) is 1.54. The molecule has 164 valence electrons.